The number of aromatic nitrogens is 2. The molecule has 0 saturated carbocycles. The Morgan fingerprint density at radius 2 is 1.95 bits per heavy atom. The van der Waals surface area contributed by atoms with Crippen molar-refractivity contribution in [3.05, 3.63) is 11.3 Å². The number of hydrogen-bond donors (Lipinski definition) is 1. The lowest BCUT2D eigenvalue weighted by Gasteiger charge is -2.28. The van der Waals surface area contributed by atoms with Crippen LogP contribution < -0.4 is 10.6 Å². The van der Waals surface area contributed by atoms with Crippen molar-refractivity contribution < 1.29 is 0 Å². The zero-order valence-electron chi connectivity index (χ0n) is 12.7. The van der Waals surface area contributed by atoms with Crippen LogP contribution in [-0.2, 0) is 7.05 Å². The van der Waals surface area contributed by atoms with Gasteiger partial charge in [-0.05, 0) is 19.8 Å². The third-order valence-electron chi connectivity index (χ3n) is 3.75. The van der Waals surface area contributed by atoms with Gasteiger partial charge in [-0.15, -0.1) is 0 Å². The van der Waals surface area contributed by atoms with E-state index in [0.717, 1.165) is 30.2 Å². The van der Waals surface area contributed by atoms with Crippen molar-refractivity contribution in [1.82, 2.24) is 9.78 Å². The Bertz CT molecular complexity index is 435. The molecule has 0 fully saturated rings. The van der Waals surface area contributed by atoms with Crippen LogP contribution in [0, 0.1) is 12.8 Å². The van der Waals surface area contributed by atoms with Gasteiger partial charge in [0, 0.05) is 20.1 Å². The summed E-state index contributed by atoms with van der Waals surface area (Å²) in [6, 6.07) is 0. The van der Waals surface area contributed by atoms with Gasteiger partial charge in [0.15, 0.2) is 0 Å². The summed E-state index contributed by atoms with van der Waals surface area (Å²) in [5, 5.41) is 4.47. The van der Waals surface area contributed by atoms with Crippen LogP contribution in [-0.4, -0.2) is 27.9 Å². The quantitative estimate of drug-likeness (QED) is 0.781. The molecule has 1 heterocycles. The number of nitrogens with zero attached hydrogens (tertiary/aromatic N) is 3. The van der Waals surface area contributed by atoms with Crippen molar-refractivity contribution >= 4 is 23.0 Å². The van der Waals surface area contributed by atoms with Crippen LogP contribution in [0.1, 0.15) is 44.9 Å². The topological polar surface area (TPSA) is 47.1 Å². The van der Waals surface area contributed by atoms with E-state index in [9.17, 15) is 0 Å². The average Bonchev–Trinajstić information content (AvgIpc) is 2.66. The molecule has 19 heavy (non-hydrogen) atoms. The van der Waals surface area contributed by atoms with Crippen LogP contribution in [0.2, 0.25) is 0 Å². The fourth-order valence-electron chi connectivity index (χ4n) is 2.52. The summed E-state index contributed by atoms with van der Waals surface area (Å²) in [5.74, 6) is 1.74. The maximum Gasteiger partial charge on any atom is 0.137 e. The van der Waals surface area contributed by atoms with E-state index in [1.807, 2.05) is 18.7 Å². The Labute approximate surface area is 122 Å². The van der Waals surface area contributed by atoms with E-state index in [1.165, 1.54) is 12.8 Å². The molecule has 1 rings (SSSR count). The van der Waals surface area contributed by atoms with Gasteiger partial charge in [-0.2, -0.15) is 5.10 Å². The average molecular weight is 282 g/mol. The molecule has 108 valence electrons. The Morgan fingerprint density at radius 3 is 2.37 bits per heavy atom. The Morgan fingerprint density at radius 1 is 1.37 bits per heavy atom. The summed E-state index contributed by atoms with van der Waals surface area (Å²) >= 11 is 5.19. The highest BCUT2D eigenvalue weighted by Crippen LogP contribution is 2.25. The summed E-state index contributed by atoms with van der Waals surface area (Å²) in [4.78, 5) is 2.77. The summed E-state index contributed by atoms with van der Waals surface area (Å²) in [5.41, 5.74) is 7.70. The SMILES string of the molecule is CCC(CC)CN(CC)c1c(C(N)=S)c(C)nn1C. The summed E-state index contributed by atoms with van der Waals surface area (Å²) in [6.45, 7) is 10.6. The number of hydrogen-bond acceptors (Lipinski definition) is 3. The molecule has 0 aromatic carbocycles. The number of rotatable bonds is 7. The lowest BCUT2D eigenvalue weighted by Crippen LogP contribution is -2.32. The summed E-state index contributed by atoms with van der Waals surface area (Å²) < 4.78 is 1.90. The van der Waals surface area contributed by atoms with Crippen molar-refractivity contribution in [2.24, 2.45) is 18.7 Å². The van der Waals surface area contributed by atoms with Crippen LogP contribution in [0.3, 0.4) is 0 Å². The molecule has 2 N–H and O–H groups in total. The van der Waals surface area contributed by atoms with Gasteiger partial charge >= 0.3 is 0 Å². The van der Waals surface area contributed by atoms with Crippen molar-refractivity contribution in [3.8, 4) is 0 Å². The first kappa shape index (κ1) is 16.0. The van der Waals surface area contributed by atoms with Crippen LogP contribution in [0.5, 0.6) is 0 Å². The Kier molecular flexibility index (Phi) is 5.79. The second-order valence-electron chi connectivity index (χ2n) is 4.99. The van der Waals surface area contributed by atoms with Crippen molar-refractivity contribution in [2.45, 2.75) is 40.5 Å². The first-order chi connectivity index (χ1) is 8.96. The molecule has 0 aliphatic heterocycles. The van der Waals surface area contributed by atoms with Crippen LogP contribution in [0.4, 0.5) is 5.82 Å². The van der Waals surface area contributed by atoms with Crippen molar-refractivity contribution in [2.75, 3.05) is 18.0 Å². The van der Waals surface area contributed by atoms with Gasteiger partial charge in [0.25, 0.3) is 0 Å². The second-order valence-corrected chi connectivity index (χ2v) is 5.43. The van der Waals surface area contributed by atoms with E-state index < -0.39 is 0 Å². The molecule has 4 nitrogen and oxygen atoms in total. The van der Waals surface area contributed by atoms with Crippen LogP contribution in [0.15, 0.2) is 0 Å². The van der Waals surface area contributed by atoms with Gasteiger partial charge in [0.1, 0.15) is 10.8 Å². The zero-order chi connectivity index (χ0) is 14.6. The lowest BCUT2D eigenvalue weighted by molar-refractivity contribution is 0.481. The van der Waals surface area contributed by atoms with E-state index in [1.54, 1.807) is 0 Å². The van der Waals surface area contributed by atoms with Gasteiger partial charge in [-0.3, -0.25) is 4.68 Å². The zero-order valence-corrected chi connectivity index (χ0v) is 13.5. The highest BCUT2D eigenvalue weighted by molar-refractivity contribution is 7.80. The first-order valence-electron chi connectivity index (χ1n) is 7.04. The second kappa shape index (κ2) is 6.89. The third-order valence-corrected chi connectivity index (χ3v) is 3.96. The highest BCUT2D eigenvalue weighted by Gasteiger charge is 2.21. The van der Waals surface area contributed by atoms with Gasteiger partial charge in [0.05, 0.1) is 11.3 Å². The van der Waals surface area contributed by atoms with Gasteiger partial charge in [-0.25, -0.2) is 0 Å². The molecule has 0 aliphatic rings. The number of nitrogens with two attached hydrogens (primary N) is 1. The van der Waals surface area contributed by atoms with Gasteiger partial charge in [-0.1, -0.05) is 38.9 Å². The molecule has 0 bridgehead atoms. The fraction of sp³-hybridized carbons (Fsp3) is 0.714. The van der Waals surface area contributed by atoms with Crippen molar-refractivity contribution in [3.63, 3.8) is 0 Å². The standard InChI is InChI=1S/C14H26N4S/c1-6-11(7-2)9-18(8-3)14-12(13(15)19)10(4)16-17(14)5/h11H,6-9H2,1-5H3,(H2,15,19). The summed E-state index contributed by atoms with van der Waals surface area (Å²) in [6.07, 6.45) is 2.37. The molecule has 1 aromatic rings. The van der Waals surface area contributed by atoms with Crippen LogP contribution in [0.25, 0.3) is 0 Å². The maximum atomic E-state index is 5.87. The molecule has 0 unspecified atom stereocenters. The monoisotopic (exact) mass is 282 g/mol. The van der Waals surface area contributed by atoms with E-state index in [2.05, 4.69) is 30.8 Å². The molecule has 0 radical (unpaired) electrons. The fourth-order valence-corrected chi connectivity index (χ4v) is 2.76. The molecule has 5 heteroatoms. The smallest absolute Gasteiger partial charge is 0.137 e. The molecule has 1 aromatic heterocycles. The molecular weight excluding hydrogens is 256 g/mol. The molecule has 0 saturated heterocycles. The van der Waals surface area contributed by atoms with E-state index in [-0.39, 0.29) is 0 Å². The number of thiocarbonyl (C=S) groups is 1. The van der Waals surface area contributed by atoms with E-state index in [4.69, 9.17) is 18.0 Å². The highest BCUT2D eigenvalue weighted by atomic mass is 32.1. The molecule has 0 spiro atoms. The van der Waals surface area contributed by atoms with Crippen LogP contribution >= 0.6 is 12.2 Å². The minimum atomic E-state index is 0.434. The minimum absolute atomic E-state index is 0.434. The largest absolute Gasteiger partial charge is 0.389 e. The first-order valence-corrected chi connectivity index (χ1v) is 7.45. The normalized spacial score (nSPS) is 11.1. The Hall–Kier alpha value is -1.10. The maximum absolute atomic E-state index is 5.87. The number of anilines is 1. The molecule has 0 aliphatic carbocycles. The molecule has 0 atom stereocenters. The van der Waals surface area contributed by atoms with Gasteiger partial charge < -0.3 is 10.6 Å². The van der Waals surface area contributed by atoms with E-state index in [0.29, 0.717) is 10.9 Å². The minimum Gasteiger partial charge on any atom is -0.389 e. The van der Waals surface area contributed by atoms with E-state index >= 15 is 0 Å². The lowest BCUT2D eigenvalue weighted by atomic mass is 10.0. The third kappa shape index (κ3) is 3.47. The Balaban J connectivity index is 3.14. The molecule has 0 amide bonds. The number of aryl methyl sites for hydroxylation is 2. The molecular formula is C14H26N4S. The predicted octanol–water partition coefficient (Wildman–Crippen LogP) is 2.63. The van der Waals surface area contributed by atoms with Gasteiger partial charge in [0.2, 0.25) is 0 Å². The summed E-state index contributed by atoms with van der Waals surface area (Å²) in [7, 11) is 1.96. The van der Waals surface area contributed by atoms with Crippen molar-refractivity contribution in [1.29, 1.82) is 0 Å². The predicted molar refractivity (Wildman–Crippen MR) is 85.8 cm³/mol.